The van der Waals surface area contributed by atoms with Crippen molar-refractivity contribution in [2.24, 2.45) is 0 Å². The van der Waals surface area contributed by atoms with Crippen LogP contribution in [0.3, 0.4) is 0 Å². The number of rotatable bonds is 6. The molecule has 210 valence electrons. The Balaban J connectivity index is 0. The Hall–Kier alpha value is -1.62. The summed E-state index contributed by atoms with van der Waals surface area (Å²) < 4.78 is 0. The Bertz CT molecular complexity index is 940. The quantitative estimate of drug-likeness (QED) is 0.185. The summed E-state index contributed by atoms with van der Waals surface area (Å²) in [5.74, 6) is 3.03. The maximum Gasteiger partial charge on any atom is 0.145 e. The van der Waals surface area contributed by atoms with E-state index in [4.69, 9.17) is 0 Å². The van der Waals surface area contributed by atoms with Crippen molar-refractivity contribution < 1.29 is 26.2 Å². The zero-order chi connectivity index (χ0) is 27.6. The van der Waals surface area contributed by atoms with Crippen molar-refractivity contribution >= 4 is 42.2 Å². The van der Waals surface area contributed by atoms with E-state index < -0.39 is 24.7 Å². The van der Waals surface area contributed by atoms with Crippen LogP contribution in [0.5, 0.6) is 0 Å². The molecule has 0 radical (unpaired) electrons. The maximum atomic E-state index is 4.25. The van der Waals surface area contributed by atoms with Crippen LogP contribution in [-0.2, 0) is 26.2 Å². The summed E-state index contributed by atoms with van der Waals surface area (Å²) in [5.41, 5.74) is 3.77. The fourth-order valence-electron chi connectivity index (χ4n) is 2.97. The predicted molar refractivity (Wildman–Crippen MR) is 174 cm³/mol. The Labute approximate surface area is 255 Å². The first-order chi connectivity index (χ1) is 16.4. The van der Waals surface area contributed by atoms with Gasteiger partial charge in [0.25, 0.3) is 0 Å². The number of aryl methyl sites for hydroxylation is 3. The SMILES string of the molecule is Cc1ccnc(N[Si](C)(C)C)c1.Cc1ccnc(N[Si](C)(C)C)c1.Cc1ccnc(N[Si](C)(C)C)c1.[CH3-].[Zr]. The summed E-state index contributed by atoms with van der Waals surface area (Å²) in [7, 11) is -3.70. The zero-order valence-corrected chi connectivity index (χ0v) is 31.5. The standard InChI is InChI=1S/3C9H16N2Si.CH3.Zr/c3*1-8-5-6-10-9(7-8)11-12(2,3)4;;/h3*5-7H,1-4H3,(H,10,11);1H3;/q;;;-1;. The monoisotopic (exact) mass is 645 g/mol. The number of pyridine rings is 3. The molecule has 0 saturated heterocycles. The Kier molecular flexibility index (Phi) is 17.4. The molecular formula is C28H51N6Si3Zr-. The topological polar surface area (TPSA) is 74.8 Å². The van der Waals surface area contributed by atoms with Gasteiger partial charge in [-0.2, -0.15) is 0 Å². The third-order valence-corrected chi connectivity index (χ3v) is 7.27. The normalized spacial score (nSPS) is 10.7. The summed E-state index contributed by atoms with van der Waals surface area (Å²) >= 11 is 0. The third kappa shape index (κ3) is 20.4. The average Bonchev–Trinajstić information content (AvgIpc) is 2.65. The summed E-state index contributed by atoms with van der Waals surface area (Å²) in [5, 5.41) is 0. The van der Waals surface area contributed by atoms with Gasteiger partial charge >= 0.3 is 0 Å². The van der Waals surface area contributed by atoms with Gasteiger partial charge in [0.2, 0.25) is 0 Å². The molecule has 0 atom stereocenters. The van der Waals surface area contributed by atoms with Gasteiger partial charge in [-0.15, -0.1) is 0 Å². The van der Waals surface area contributed by atoms with E-state index >= 15 is 0 Å². The van der Waals surface area contributed by atoms with Crippen LogP contribution in [0.2, 0.25) is 58.9 Å². The minimum Gasteiger partial charge on any atom is -0.396 e. The zero-order valence-electron chi connectivity index (χ0n) is 26.0. The molecule has 0 aliphatic heterocycles. The predicted octanol–water partition coefficient (Wildman–Crippen LogP) is 8.36. The van der Waals surface area contributed by atoms with Gasteiger partial charge < -0.3 is 22.4 Å². The molecule has 0 aliphatic carbocycles. The van der Waals surface area contributed by atoms with E-state index in [2.05, 4.69) is 128 Å². The summed E-state index contributed by atoms with van der Waals surface area (Å²) in [6, 6.07) is 12.3. The van der Waals surface area contributed by atoms with Gasteiger partial charge in [-0.05, 0) is 73.9 Å². The first-order valence-electron chi connectivity index (χ1n) is 12.5. The number of nitrogens with zero attached hydrogens (tertiary/aromatic N) is 3. The van der Waals surface area contributed by atoms with Crippen molar-refractivity contribution in [2.45, 2.75) is 79.7 Å². The fourth-order valence-corrected chi connectivity index (χ4v) is 5.68. The van der Waals surface area contributed by atoms with E-state index in [1.54, 1.807) is 0 Å². The Morgan fingerprint density at radius 2 is 0.684 bits per heavy atom. The van der Waals surface area contributed by atoms with Gasteiger partial charge in [0.15, 0.2) is 0 Å². The molecule has 38 heavy (non-hydrogen) atoms. The van der Waals surface area contributed by atoms with Crippen molar-refractivity contribution in [1.29, 1.82) is 0 Å². The number of hydrogen-bond donors (Lipinski definition) is 3. The van der Waals surface area contributed by atoms with Gasteiger partial charge in [0.05, 0.1) is 0 Å². The van der Waals surface area contributed by atoms with E-state index in [1.165, 1.54) is 16.7 Å². The molecule has 0 bridgehead atoms. The maximum absolute atomic E-state index is 4.25. The van der Waals surface area contributed by atoms with Crippen molar-refractivity contribution in [2.75, 3.05) is 14.9 Å². The molecule has 0 fully saturated rings. The van der Waals surface area contributed by atoms with Crippen molar-refractivity contribution in [3.8, 4) is 0 Å². The fraction of sp³-hybridized carbons (Fsp3) is 0.429. The Morgan fingerprint density at radius 1 is 0.474 bits per heavy atom. The van der Waals surface area contributed by atoms with Crippen LogP contribution in [-0.4, -0.2) is 39.7 Å². The molecule has 3 N–H and O–H groups in total. The molecule has 10 heteroatoms. The smallest absolute Gasteiger partial charge is 0.145 e. The molecule has 6 nitrogen and oxygen atoms in total. The minimum atomic E-state index is -1.23. The van der Waals surface area contributed by atoms with Crippen molar-refractivity contribution in [1.82, 2.24) is 15.0 Å². The van der Waals surface area contributed by atoms with Crippen molar-refractivity contribution in [3.63, 3.8) is 0 Å². The molecule has 0 unspecified atom stereocenters. The minimum absolute atomic E-state index is 0. The number of aromatic nitrogens is 3. The molecule has 0 saturated carbocycles. The molecule has 3 rings (SSSR count). The van der Waals surface area contributed by atoms with Crippen LogP contribution in [0.25, 0.3) is 0 Å². The molecule has 0 aromatic carbocycles. The second kappa shape index (κ2) is 17.2. The molecule has 3 aromatic heterocycles. The summed E-state index contributed by atoms with van der Waals surface area (Å²) in [4.78, 5) is 23.1. The molecule has 0 amide bonds. The van der Waals surface area contributed by atoms with Gasteiger partial charge in [-0.1, -0.05) is 58.9 Å². The first kappa shape index (κ1) is 38.5. The van der Waals surface area contributed by atoms with Crippen LogP contribution in [0, 0.1) is 28.2 Å². The van der Waals surface area contributed by atoms with Crippen LogP contribution in [0.15, 0.2) is 55.0 Å². The number of anilines is 3. The van der Waals surface area contributed by atoms with Crippen molar-refractivity contribution in [3.05, 3.63) is 79.1 Å². The van der Waals surface area contributed by atoms with Crippen LogP contribution in [0.1, 0.15) is 16.7 Å². The second-order valence-electron chi connectivity index (χ2n) is 12.3. The van der Waals surface area contributed by atoms with Gasteiger partial charge in [-0.25, -0.2) is 15.0 Å². The molecule has 3 heterocycles. The van der Waals surface area contributed by atoms with E-state index in [-0.39, 0.29) is 33.6 Å². The second-order valence-corrected chi connectivity index (χ2v) is 26.5. The molecular weight excluding hydrogens is 596 g/mol. The molecule has 0 aliphatic rings. The average molecular weight is 647 g/mol. The molecule has 0 spiro atoms. The van der Waals surface area contributed by atoms with Gasteiger partial charge in [0, 0.05) is 44.8 Å². The summed E-state index contributed by atoms with van der Waals surface area (Å²) in [6.45, 7) is 26.6. The Morgan fingerprint density at radius 3 is 0.842 bits per heavy atom. The third-order valence-electron chi connectivity index (χ3n) is 4.26. The molecule has 3 aromatic rings. The first-order valence-corrected chi connectivity index (χ1v) is 23.0. The van der Waals surface area contributed by atoms with Crippen LogP contribution in [0.4, 0.5) is 17.5 Å². The van der Waals surface area contributed by atoms with E-state index in [0.717, 1.165) is 17.5 Å². The van der Waals surface area contributed by atoms with E-state index in [0.29, 0.717) is 0 Å². The van der Waals surface area contributed by atoms with E-state index in [1.807, 2.05) is 36.8 Å². The number of nitrogens with one attached hydrogen (secondary N) is 3. The van der Waals surface area contributed by atoms with E-state index in [9.17, 15) is 0 Å². The van der Waals surface area contributed by atoms with Gasteiger partial charge in [0.1, 0.15) is 42.2 Å². The largest absolute Gasteiger partial charge is 0.396 e. The van der Waals surface area contributed by atoms with Crippen LogP contribution < -0.4 is 14.9 Å². The van der Waals surface area contributed by atoms with Crippen LogP contribution >= 0.6 is 0 Å². The van der Waals surface area contributed by atoms with Gasteiger partial charge in [-0.3, -0.25) is 0 Å². The number of hydrogen-bond acceptors (Lipinski definition) is 6. The summed E-state index contributed by atoms with van der Waals surface area (Å²) in [6.07, 6.45) is 5.54.